The van der Waals surface area contributed by atoms with Gasteiger partial charge in [-0.1, -0.05) is 48.5 Å². The Morgan fingerprint density at radius 2 is 1.64 bits per heavy atom. The van der Waals surface area contributed by atoms with Crippen molar-refractivity contribution >= 4 is 29.9 Å². The fraction of sp³-hybridized carbons (Fsp3) is 0.350. The highest BCUT2D eigenvalue weighted by molar-refractivity contribution is 14.0. The summed E-state index contributed by atoms with van der Waals surface area (Å²) < 4.78 is 5.95. The quantitative estimate of drug-likeness (QED) is 0.322. The lowest BCUT2D eigenvalue weighted by Gasteiger charge is -2.27. The summed E-state index contributed by atoms with van der Waals surface area (Å²) >= 11 is 0. The Morgan fingerprint density at radius 3 is 2.40 bits per heavy atom. The average Bonchev–Trinajstić information content (AvgIpc) is 2.67. The second-order valence-corrected chi connectivity index (χ2v) is 6.00. The molecule has 1 aliphatic rings. The number of aliphatic imine (C=N–C) groups is 1. The van der Waals surface area contributed by atoms with E-state index in [4.69, 9.17) is 10.5 Å². The number of para-hydroxylation sites is 1. The summed E-state index contributed by atoms with van der Waals surface area (Å²) in [6.07, 6.45) is 3.71. The Morgan fingerprint density at radius 1 is 0.960 bits per heavy atom. The Kier molecular flexibility index (Phi) is 8.04. The number of nitrogens with two attached hydrogens (primary N) is 1. The third-order valence-electron chi connectivity index (χ3n) is 4.27. The molecule has 25 heavy (non-hydrogen) atoms. The molecule has 1 saturated heterocycles. The lowest BCUT2D eigenvalue weighted by atomic mass is 10.1. The van der Waals surface area contributed by atoms with Gasteiger partial charge in [-0.05, 0) is 30.9 Å². The fourth-order valence-electron chi connectivity index (χ4n) is 2.99. The minimum Gasteiger partial charge on any atom is -0.491 e. The van der Waals surface area contributed by atoms with Crippen LogP contribution in [0.4, 0.5) is 0 Å². The summed E-state index contributed by atoms with van der Waals surface area (Å²) in [5, 5.41) is 0. The van der Waals surface area contributed by atoms with Crippen LogP contribution in [0.25, 0.3) is 11.1 Å². The Bertz CT molecular complexity index is 670. The molecular formula is C20H26IN3O. The maximum absolute atomic E-state index is 6.07. The molecule has 0 bridgehead atoms. The first-order valence-electron chi connectivity index (χ1n) is 8.67. The van der Waals surface area contributed by atoms with Crippen molar-refractivity contribution in [3.63, 3.8) is 0 Å². The molecular weight excluding hydrogens is 425 g/mol. The summed E-state index contributed by atoms with van der Waals surface area (Å²) in [4.78, 5) is 6.63. The normalized spacial score (nSPS) is 14.7. The van der Waals surface area contributed by atoms with Crippen molar-refractivity contribution < 1.29 is 4.74 Å². The van der Waals surface area contributed by atoms with Crippen molar-refractivity contribution in [3.05, 3.63) is 54.6 Å². The van der Waals surface area contributed by atoms with E-state index in [1.165, 1.54) is 19.3 Å². The Hall–Kier alpha value is -1.76. The number of piperidine rings is 1. The van der Waals surface area contributed by atoms with Gasteiger partial charge in [-0.25, -0.2) is 4.99 Å². The fourth-order valence-corrected chi connectivity index (χ4v) is 2.99. The lowest BCUT2D eigenvalue weighted by Crippen LogP contribution is -2.41. The monoisotopic (exact) mass is 451 g/mol. The van der Waals surface area contributed by atoms with Gasteiger partial charge >= 0.3 is 0 Å². The van der Waals surface area contributed by atoms with Crippen LogP contribution < -0.4 is 10.5 Å². The molecule has 0 atom stereocenters. The topological polar surface area (TPSA) is 50.9 Å². The molecule has 3 rings (SSSR count). The predicted octanol–water partition coefficient (Wildman–Crippen LogP) is 4.15. The summed E-state index contributed by atoms with van der Waals surface area (Å²) in [5.41, 5.74) is 8.33. The molecule has 1 aliphatic heterocycles. The van der Waals surface area contributed by atoms with E-state index in [9.17, 15) is 0 Å². The van der Waals surface area contributed by atoms with E-state index in [1.807, 2.05) is 36.4 Å². The van der Waals surface area contributed by atoms with Crippen LogP contribution in [0.3, 0.4) is 0 Å². The van der Waals surface area contributed by atoms with Gasteiger partial charge in [-0.3, -0.25) is 0 Å². The molecule has 0 saturated carbocycles. The van der Waals surface area contributed by atoms with Gasteiger partial charge in [-0.15, -0.1) is 24.0 Å². The van der Waals surface area contributed by atoms with Gasteiger partial charge in [0.25, 0.3) is 0 Å². The van der Waals surface area contributed by atoms with E-state index >= 15 is 0 Å². The van der Waals surface area contributed by atoms with Gasteiger partial charge in [0.05, 0.1) is 6.54 Å². The molecule has 0 spiro atoms. The predicted molar refractivity (Wildman–Crippen MR) is 115 cm³/mol. The maximum Gasteiger partial charge on any atom is 0.191 e. The molecule has 4 nitrogen and oxygen atoms in total. The number of hydrogen-bond donors (Lipinski definition) is 1. The number of rotatable bonds is 5. The highest BCUT2D eigenvalue weighted by Crippen LogP contribution is 2.29. The zero-order valence-electron chi connectivity index (χ0n) is 14.4. The summed E-state index contributed by atoms with van der Waals surface area (Å²) in [6, 6.07) is 18.4. The first-order valence-corrected chi connectivity index (χ1v) is 8.67. The van der Waals surface area contributed by atoms with E-state index in [-0.39, 0.29) is 24.0 Å². The molecule has 0 aliphatic carbocycles. The first kappa shape index (κ1) is 19.6. The largest absolute Gasteiger partial charge is 0.491 e. The highest BCUT2D eigenvalue weighted by Gasteiger charge is 2.11. The molecule has 0 aromatic heterocycles. The number of likely N-dealkylation sites (tertiary alicyclic amines) is 1. The van der Waals surface area contributed by atoms with E-state index in [0.29, 0.717) is 19.1 Å². The SMILES string of the molecule is I.NC(=NCCOc1ccccc1-c1ccccc1)N1CCCCC1. The van der Waals surface area contributed by atoms with Crippen LogP contribution in [0, 0.1) is 0 Å². The highest BCUT2D eigenvalue weighted by atomic mass is 127. The summed E-state index contributed by atoms with van der Waals surface area (Å²) in [5.74, 6) is 1.53. The van der Waals surface area contributed by atoms with Crippen LogP contribution >= 0.6 is 24.0 Å². The number of guanidine groups is 1. The van der Waals surface area contributed by atoms with Crippen molar-refractivity contribution in [2.24, 2.45) is 10.7 Å². The molecule has 0 amide bonds. The number of benzene rings is 2. The molecule has 0 radical (unpaired) electrons. The van der Waals surface area contributed by atoms with E-state index in [1.54, 1.807) is 0 Å². The Balaban J connectivity index is 0.00000225. The minimum absolute atomic E-state index is 0. The van der Waals surface area contributed by atoms with Crippen LogP contribution in [0.5, 0.6) is 5.75 Å². The van der Waals surface area contributed by atoms with Crippen LogP contribution in [0.2, 0.25) is 0 Å². The molecule has 134 valence electrons. The molecule has 0 unspecified atom stereocenters. The van der Waals surface area contributed by atoms with Crippen molar-refractivity contribution in [1.29, 1.82) is 0 Å². The van der Waals surface area contributed by atoms with Crippen molar-refractivity contribution in [1.82, 2.24) is 4.90 Å². The number of halogens is 1. The molecule has 5 heteroatoms. The molecule has 2 aromatic carbocycles. The molecule has 2 aromatic rings. The van der Waals surface area contributed by atoms with Gasteiger partial charge in [0.15, 0.2) is 5.96 Å². The van der Waals surface area contributed by atoms with Crippen LogP contribution in [0.1, 0.15) is 19.3 Å². The maximum atomic E-state index is 6.07. The van der Waals surface area contributed by atoms with Crippen molar-refractivity contribution in [2.45, 2.75) is 19.3 Å². The first-order chi connectivity index (χ1) is 11.8. The third kappa shape index (κ3) is 5.63. The second kappa shape index (κ2) is 10.3. The summed E-state index contributed by atoms with van der Waals surface area (Å²) in [6.45, 7) is 3.14. The molecule has 1 fully saturated rings. The van der Waals surface area contributed by atoms with Crippen LogP contribution in [-0.4, -0.2) is 37.1 Å². The van der Waals surface area contributed by atoms with Gasteiger partial charge in [0.2, 0.25) is 0 Å². The van der Waals surface area contributed by atoms with Crippen LogP contribution in [-0.2, 0) is 0 Å². The number of hydrogen-bond acceptors (Lipinski definition) is 2. The van der Waals surface area contributed by atoms with Gasteiger partial charge in [0.1, 0.15) is 12.4 Å². The molecule has 2 N–H and O–H groups in total. The Labute approximate surface area is 167 Å². The van der Waals surface area contributed by atoms with Gasteiger partial charge < -0.3 is 15.4 Å². The van der Waals surface area contributed by atoms with E-state index < -0.39 is 0 Å². The average molecular weight is 451 g/mol. The minimum atomic E-state index is 0. The number of nitrogens with zero attached hydrogens (tertiary/aromatic N) is 2. The smallest absolute Gasteiger partial charge is 0.191 e. The standard InChI is InChI=1S/C20H25N3O.HI/c21-20(23-14-7-2-8-15-23)22-13-16-24-19-12-6-5-11-18(19)17-9-3-1-4-10-17;/h1,3-6,9-12H,2,7-8,13-16H2,(H2,21,22);1H. The zero-order valence-corrected chi connectivity index (χ0v) is 16.8. The summed E-state index contributed by atoms with van der Waals surface area (Å²) in [7, 11) is 0. The lowest BCUT2D eigenvalue weighted by molar-refractivity contribution is 0.322. The molecule has 1 heterocycles. The van der Waals surface area contributed by atoms with Crippen molar-refractivity contribution in [2.75, 3.05) is 26.2 Å². The van der Waals surface area contributed by atoms with E-state index in [0.717, 1.165) is 30.0 Å². The second-order valence-electron chi connectivity index (χ2n) is 6.00. The zero-order chi connectivity index (χ0) is 16.6. The number of ether oxygens (including phenoxy) is 1. The van der Waals surface area contributed by atoms with Crippen molar-refractivity contribution in [3.8, 4) is 16.9 Å². The van der Waals surface area contributed by atoms with E-state index in [2.05, 4.69) is 28.1 Å². The van der Waals surface area contributed by atoms with Gasteiger partial charge in [0, 0.05) is 18.7 Å². The third-order valence-corrected chi connectivity index (χ3v) is 4.27. The van der Waals surface area contributed by atoms with Gasteiger partial charge in [-0.2, -0.15) is 0 Å². The van der Waals surface area contributed by atoms with Crippen LogP contribution in [0.15, 0.2) is 59.6 Å².